The zero-order valence-corrected chi connectivity index (χ0v) is 10.1. The minimum atomic E-state index is -0.352. The van der Waals surface area contributed by atoms with Crippen molar-refractivity contribution in [2.45, 2.75) is 6.92 Å². The Morgan fingerprint density at radius 1 is 1.62 bits per heavy atom. The van der Waals surface area contributed by atoms with Gasteiger partial charge in [-0.2, -0.15) is 0 Å². The van der Waals surface area contributed by atoms with Gasteiger partial charge in [0.15, 0.2) is 5.13 Å². The van der Waals surface area contributed by atoms with Gasteiger partial charge in [-0.05, 0) is 0 Å². The van der Waals surface area contributed by atoms with Crippen LogP contribution < -0.4 is 10.6 Å². The number of hydrogen-bond donors (Lipinski definition) is 2. The Morgan fingerprint density at radius 2 is 2.31 bits per heavy atom. The normalized spacial score (nSPS) is 9.62. The minimum absolute atomic E-state index is 0.188. The van der Waals surface area contributed by atoms with Crippen molar-refractivity contribution in [3.8, 4) is 0 Å². The molecule has 0 atom stereocenters. The van der Waals surface area contributed by atoms with Crippen LogP contribution in [-0.4, -0.2) is 23.3 Å². The van der Waals surface area contributed by atoms with E-state index in [-0.39, 0.29) is 24.1 Å². The minimum Gasteiger partial charge on any atom is -0.346 e. The molecule has 1 aromatic heterocycles. The van der Waals surface area contributed by atoms with E-state index in [9.17, 15) is 9.59 Å². The van der Waals surface area contributed by atoms with Crippen LogP contribution in [0.25, 0.3) is 0 Å². The first kappa shape index (κ1) is 12.7. The predicted molar refractivity (Wildman–Crippen MR) is 63.7 cm³/mol. The number of aromatic nitrogens is 1. The second-order valence-corrected chi connectivity index (χ2v) is 4.31. The van der Waals surface area contributed by atoms with Gasteiger partial charge >= 0.3 is 0 Å². The Morgan fingerprint density at radius 3 is 2.88 bits per heavy atom. The monoisotopic (exact) mass is 259 g/mol. The van der Waals surface area contributed by atoms with Crippen molar-refractivity contribution in [1.82, 2.24) is 10.3 Å². The molecule has 0 unspecified atom stereocenters. The van der Waals surface area contributed by atoms with Gasteiger partial charge in [0.25, 0.3) is 5.91 Å². The number of rotatable bonds is 4. The van der Waals surface area contributed by atoms with Crippen molar-refractivity contribution in [1.29, 1.82) is 0 Å². The molecule has 5 nitrogen and oxygen atoms in total. The summed E-state index contributed by atoms with van der Waals surface area (Å²) in [7, 11) is 0. The molecule has 0 radical (unpaired) electrons. The molecule has 0 aliphatic carbocycles. The summed E-state index contributed by atoms with van der Waals surface area (Å²) in [5.74, 6) is -0.579. The molecule has 2 amide bonds. The third-order valence-corrected chi connectivity index (χ3v) is 2.35. The maximum absolute atomic E-state index is 11.5. The molecule has 0 aromatic carbocycles. The van der Waals surface area contributed by atoms with Crippen molar-refractivity contribution in [2.75, 3.05) is 11.9 Å². The maximum atomic E-state index is 11.5. The number of hydrogen-bond acceptors (Lipinski definition) is 4. The third-order valence-electron chi connectivity index (χ3n) is 1.46. The number of amides is 2. The zero-order chi connectivity index (χ0) is 12.1. The molecule has 0 bridgehead atoms. The average molecular weight is 260 g/mol. The molecule has 0 aliphatic heterocycles. The smallest absolute Gasteiger partial charge is 0.271 e. The Balaban J connectivity index is 2.59. The summed E-state index contributed by atoms with van der Waals surface area (Å²) in [6.07, 6.45) is 0. The fourth-order valence-electron chi connectivity index (χ4n) is 0.853. The number of halogens is 1. The standard InChI is InChI=1S/C9H10ClN3O2S/c1-5(10)3-11-8(15)7-4-16-9(13-7)12-6(2)14/h4H,1,3H2,2H3,(H,11,15)(H,12,13,14). The van der Waals surface area contributed by atoms with Crippen LogP contribution >= 0.6 is 22.9 Å². The first-order chi connectivity index (χ1) is 7.49. The summed E-state index contributed by atoms with van der Waals surface area (Å²) in [6.45, 7) is 5.00. The van der Waals surface area contributed by atoms with Crippen LogP contribution in [-0.2, 0) is 4.79 Å². The Bertz CT molecular complexity index is 430. The fourth-order valence-corrected chi connectivity index (χ4v) is 1.66. The second kappa shape index (κ2) is 5.62. The molecule has 0 spiro atoms. The van der Waals surface area contributed by atoms with Crippen molar-refractivity contribution in [2.24, 2.45) is 0 Å². The average Bonchev–Trinajstić information content (AvgIpc) is 2.61. The molecular weight excluding hydrogens is 250 g/mol. The van der Waals surface area contributed by atoms with E-state index in [0.717, 1.165) is 0 Å². The van der Waals surface area contributed by atoms with Crippen LogP contribution in [0.15, 0.2) is 17.0 Å². The SMILES string of the molecule is C=C(Cl)CNC(=O)c1csc(NC(C)=O)n1. The van der Waals surface area contributed by atoms with Crippen LogP contribution in [0.5, 0.6) is 0 Å². The lowest BCUT2D eigenvalue weighted by Gasteiger charge is -2.00. The maximum Gasteiger partial charge on any atom is 0.271 e. The predicted octanol–water partition coefficient (Wildman–Crippen LogP) is 1.58. The van der Waals surface area contributed by atoms with Gasteiger partial charge in [-0.3, -0.25) is 9.59 Å². The number of nitrogens with zero attached hydrogens (tertiary/aromatic N) is 1. The Labute approximate surface area is 102 Å². The lowest BCUT2D eigenvalue weighted by molar-refractivity contribution is -0.114. The van der Waals surface area contributed by atoms with E-state index in [4.69, 9.17) is 11.6 Å². The van der Waals surface area contributed by atoms with E-state index in [1.165, 1.54) is 18.3 Å². The molecule has 2 N–H and O–H groups in total. The summed E-state index contributed by atoms with van der Waals surface area (Å²) < 4.78 is 0. The number of carbonyl (C=O) groups excluding carboxylic acids is 2. The molecule has 16 heavy (non-hydrogen) atoms. The molecule has 0 saturated carbocycles. The van der Waals surface area contributed by atoms with E-state index >= 15 is 0 Å². The van der Waals surface area contributed by atoms with E-state index < -0.39 is 0 Å². The zero-order valence-electron chi connectivity index (χ0n) is 8.54. The van der Waals surface area contributed by atoms with Gasteiger partial charge in [0.05, 0.1) is 6.54 Å². The van der Waals surface area contributed by atoms with Gasteiger partial charge in [-0.25, -0.2) is 4.98 Å². The number of anilines is 1. The van der Waals surface area contributed by atoms with E-state index in [1.54, 1.807) is 5.38 Å². The number of carbonyl (C=O) groups is 2. The topological polar surface area (TPSA) is 71.1 Å². The molecule has 86 valence electrons. The Kier molecular flexibility index (Phi) is 4.45. The van der Waals surface area contributed by atoms with Crippen LogP contribution in [0.2, 0.25) is 0 Å². The van der Waals surface area contributed by atoms with Gasteiger partial charge < -0.3 is 10.6 Å². The van der Waals surface area contributed by atoms with Crippen molar-refractivity contribution in [3.05, 3.63) is 22.7 Å². The van der Waals surface area contributed by atoms with Crippen LogP contribution in [0.4, 0.5) is 5.13 Å². The van der Waals surface area contributed by atoms with Gasteiger partial charge in [0, 0.05) is 17.3 Å². The highest BCUT2D eigenvalue weighted by Crippen LogP contribution is 2.15. The lowest BCUT2D eigenvalue weighted by Crippen LogP contribution is -2.24. The highest BCUT2D eigenvalue weighted by atomic mass is 35.5. The van der Waals surface area contributed by atoms with Crippen LogP contribution in [0, 0.1) is 0 Å². The van der Waals surface area contributed by atoms with Gasteiger partial charge in [-0.1, -0.05) is 18.2 Å². The second-order valence-electron chi connectivity index (χ2n) is 2.92. The van der Waals surface area contributed by atoms with E-state index in [0.29, 0.717) is 10.2 Å². The van der Waals surface area contributed by atoms with Crippen LogP contribution in [0.3, 0.4) is 0 Å². The summed E-state index contributed by atoms with van der Waals surface area (Å²) in [5.41, 5.74) is 0.242. The number of nitrogens with one attached hydrogen (secondary N) is 2. The van der Waals surface area contributed by atoms with Gasteiger partial charge in [0.1, 0.15) is 5.69 Å². The van der Waals surface area contributed by atoms with Crippen molar-refractivity contribution < 1.29 is 9.59 Å². The van der Waals surface area contributed by atoms with Gasteiger partial charge in [-0.15, -0.1) is 11.3 Å². The molecular formula is C9H10ClN3O2S. The third kappa shape index (κ3) is 4.00. The Hall–Kier alpha value is -1.40. The molecule has 0 saturated heterocycles. The van der Waals surface area contributed by atoms with Crippen LogP contribution in [0.1, 0.15) is 17.4 Å². The van der Waals surface area contributed by atoms with Crippen molar-refractivity contribution >= 4 is 39.9 Å². The summed E-state index contributed by atoms with van der Waals surface area (Å²) in [4.78, 5) is 26.1. The highest BCUT2D eigenvalue weighted by Gasteiger charge is 2.10. The summed E-state index contributed by atoms with van der Waals surface area (Å²) in [6, 6.07) is 0. The first-order valence-electron chi connectivity index (χ1n) is 4.33. The molecule has 7 heteroatoms. The molecule has 0 fully saturated rings. The quantitative estimate of drug-likeness (QED) is 0.863. The highest BCUT2D eigenvalue weighted by molar-refractivity contribution is 7.14. The van der Waals surface area contributed by atoms with Crippen molar-refractivity contribution in [3.63, 3.8) is 0 Å². The lowest BCUT2D eigenvalue weighted by atomic mass is 10.4. The molecule has 1 heterocycles. The summed E-state index contributed by atoms with van der Waals surface area (Å²) in [5, 5.41) is 7.30. The molecule has 1 aromatic rings. The van der Waals surface area contributed by atoms with E-state index in [2.05, 4.69) is 22.2 Å². The summed E-state index contributed by atoms with van der Waals surface area (Å²) >= 11 is 6.68. The van der Waals surface area contributed by atoms with Gasteiger partial charge in [0.2, 0.25) is 5.91 Å². The first-order valence-corrected chi connectivity index (χ1v) is 5.59. The largest absolute Gasteiger partial charge is 0.346 e. The molecule has 1 rings (SSSR count). The number of thiazole rings is 1. The fraction of sp³-hybridized carbons (Fsp3) is 0.222. The molecule has 0 aliphatic rings. The van der Waals surface area contributed by atoms with E-state index in [1.807, 2.05) is 0 Å².